The van der Waals surface area contributed by atoms with Crippen molar-refractivity contribution in [3.8, 4) is 10.9 Å². The Kier molecular flexibility index (Phi) is 7.71. The number of alkyl halides is 6. The summed E-state index contributed by atoms with van der Waals surface area (Å²) in [5.41, 5.74) is -3.57. The minimum atomic E-state index is -5.06. The van der Waals surface area contributed by atoms with Gasteiger partial charge < -0.3 is 20.5 Å². The van der Waals surface area contributed by atoms with Crippen LogP contribution in [0.5, 0.6) is 10.9 Å². The van der Waals surface area contributed by atoms with Crippen LogP contribution in [0, 0.1) is 5.82 Å². The molecule has 0 aliphatic rings. The SMILES string of the molecule is O=C(O)CNc1nc(Oc2cccc(F)c2)sc1C(=O)NCc1cc(C(F)(F)F)cc(C(F)(F)F)c1. The molecule has 3 aromatic rings. The Balaban J connectivity index is 1.85. The molecule has 15 heteroatoms. The summed E-state index contributed by atoms with van der Waals surface area (Å²) in [6.07, 6.45) is -10.1. The fourth-order valence-electron chi connectivity index (χ4n) is 2.79. The van der Waals surface area contributed by atoms with Crippen LogP contribution in [0.25, 0.3) is 0 Å². The number of carboxylic acids is 1. The van der Waals surface area contributed by atoms with E-state index in [1.54, 1.807) is 0 Å². The number of carbonyl (C=O) groups excluding carboxylic acids is 1. The fraction of sp³-hybridized carbons (Fsp3) is 0.190. The molecule has 0 aliphatic heterocycles. The molecule has 0 fully saturated rings. The van der Waals surface area contributed by atoms with Gasteiger partial charge in [-0.1, -0.05) is 17.4 Å². The van der Waals surface area contributed by atoms with Gasteiger partial charge in [0.25, 0.3) is 11.1 Å². The Hall–Kier alpha value is -3.88. The topological polar surface area (TPSA) is 101 Å². The van der Waals surface area contributed by atoms with Gasteiger partial charge in [0.1, 0.15) is 23.0 Å². The Bertz CT molecular complexity index is 1240. The van der Waals surface area contributed by atoms with Gasteiger partial charge in [0, 0.05) is 12.6 Å². The molecule has 0 aliphatic carbocycles. The van der Waals surface area contributed by atoms with Crippen LogP contribution in [-0.4, -0.2) is 28.5 Å². The Labute approximate surface area is 201 Å². The number of aliphatic carboxylic acids is 1. The van der Waals surface area contributed by atoms with Crippen LogP contribution < -0.4 is 15.4 Å². The van der Waals surface area contributed by atoms with E-state index < -0.39 is 59.8 Å². The number of nitrogens with zero attached hydrogens (tertiary/aromatic N) is 1. The number of hydrogen-bond acceptors (Lipinski definition) is 6. The number of rotatable bonds is 8. The van der Waals surface area contributed by atoms with E-state index in [0.717, 1.165) is 12.1 Å². The summed E-state index contributed by atoms with van der Waals surface area (Å²) in [5, 5.41) is 13.2. The van der Waals surface area contributed by atoms with Crippen molar-refractivity contribution in [1.29, 1.82) is 0 Å². The van der Waals surface area contributed by atoms with Crippen molar-refractivity contribution in [2.24, 2.45) is 0 Å². The summed E-state index contributed by atoms with van der Waals surface area (Å²) in [7, 11) is 0. The average molecular weight is 537 g/mol. The quantitative estimate of drug-likeness (QED) is 0.327. The summed E-state index contributed by atoms with van der Waals surface area (Å²) in [5.74, 6) is -3.20. The van der Waals surface area contributed by atoms with Crippen LogP contribution in [-0.2, 0) is 23.7 Å². The zero-order chi connectivity index (χ0) is 26.7. The second-order valence-corrected chi connectivity index (χ2v) is 8.02. The molecule has 7 nitrogen and oxygen atoms in total. The summed E-state index contributed by atoms with van der Waals surface area (Å²) in [6, 6.07) is 5.75. The molecule has 0 spiro atoms. The molecular weight excluding hydrogens is 523 g/mol. The molecule has 1 amide bonds. The highest BCUT2D eigenvalue weighted by atomic mass is 32.1. The molecule has 1 heterocycles. The van der Waals surface area contributed by atoms with Crippen LogP contribution in [0.2, 0.25) is 0 Å². The number of ether oxygens (including phenoxy) is 1. The average Bonchev–Trinajstić information content (AvgIpc) is 3.17. The fourth-order valence-corrected chi connectivity index (χ4v) is 3.62. The van der Waals surface area contributed by atoms with E-state index in [1.165, 1.54) is 12.1 Å². The molecule has 3 rings (SSSR count). The molecule has 3 N–H and O–H groups in total. The number of halogens is 7. The predicted molar refractivity (Wildman–Crippen MR) is 112 cm³/mol. The smallest absolute Gasteiger partial charge is 0.416 e. The van der Waals surface area contributed by atoms with Gasteiger partial charge in [-0.15, -0.1) is 0 Å². The first-order valence-electron chi connectivity index (χ1n) is 9.69. The monoisotopic (exact) mass is 537 g/mol. The third-order valence-electron chi connectivity index (χ3n) is 4.32. The number of anilines is 1. The predicted octanol–water partition coefficient (Wildman–Crippen LogP) is 5.54. The molecule has 192 valence electrons. The minimum absolute atomic E-state index is 0.00383. The van der Waals surface area contributed by atoms with Crippen LogP contribution in [0.15, 0.2) is 42.5 Å². The van der Waals surface area contributed by atoms with E-state index in [9.17, 15) is 40.3 Å². The molecule has 0 saturated heterocycles. The molecule has 2 aromatic carbocycles. The molecule has 0 saturated carbocycles. The van der Waals surface area contributed by atoms with Gasteiger partial charge in [-0.3, -0.25) is 9.59 Å². The lowest BCUT2D eigenvalue weighted by Crippen LogP contribution is -2.24. The first-order chi connectivity index (χ1) is 16.7. The van der Waals surface area contributed by atoms with Crippen molar-refractivity contribution in [2.75, 3.05) is 11.9 Å². The number of carboxylic acid groups (broad SMARTS) is 1. The summed E-state index contributed by atoms with van der Waals surface area (Å²) < 4.78 is 97.1. The van der Waals surface area contributed by atoms with E-state index in [4.69, 9.17) is 9.84 Å². The van der Waals surface area contributed by atoms with Crippen molar-refractivity contribution >= 4 is 29.0 Å². The van der Waals surface area contributed by atoms with Crippen LogP contribution >= 0.6 is 11.3 Å². The first kappa shape index (κ1) is 26.7. The molecule has 36 heavy (non-hydrogen) atoms. The lowest BCUT2D eigenvalue weighted by Gasteiger charge is -2.14. The second-order valence-electron chi connectivity index (χ2n) is 7.06. The second kappa shape index (κ2) is 10.4. The number of thiazole rings is 1. The maximum absolute atomic E-state index is 13.4. The highest BCUT2D eigenvalue weighted by Gasteiger charge is 2.37. The normalized spacial score (nSPS) is 11.8. The van der Waals surface area contributed by atoms with E-state index in [2.05, 4.69) is 15.6 Å². The maximum Gasteiger partial charge on any atom is 0.416 e. The van der Waals surface area contributed by atoms with Crippen molar-refractivity contribution in [2.45, 2.75) is 18.9 Å². The highest BCUT2D eigenvalue weighted by molar-refractivity contribution is 7.16. The number of nitrogens with one attached hydrogen (secondary N) is 2. The zero-order valence-electron chi connectivity index (χ0n) is 17.6. The molecule has 0 radical (unpaired) electrons. The third-order valence-corrected chi connectivity index (χ3v) is 5.25. The first-order valence-corrected chi connectivity index (χ1v) is 10.5. The lowest BCUT2D eigenvalue weighted by molar-refractivity contribution is -0.143. The van der Waals surface area contributed by atoms with Crippen LogP contribution in [0.4, 0.5) is 36.6 Å². The number of carbonyl (C=O) groups is 2. The van der Waals surface area contributed by atoms with Gasteiger partial charge in [0.2, 0.25) is 0 Å². The number of hydrogen-bond donors (Lipinski definition) is 3. The van der Waals surface area contributed by atoms with Gasteiger partial charge in [0.05, 0.1) is 11.1 Å². The largest absolute Gasteiger partial charge is 0.480 e. The van der Waals surface area contributed by atoms with Crippen LogP contribution in [0.1, 0.15) is 26.4 Å². The maximum atomic E-state index is 13.4. The van der Waals surface area contributed by atoms with Gasteiger partial charge in [-0.25, -0.2) is 4.39 Å². The van der Waals surface area contributed by atoms with Gasteiger partial charge in [0.15, 0.2) is 5.82 Å². The van der Waals surface area contributed by atoms with Crippen LogP contribution in [0.3, 0.4) is 0 Å². The van der Waals surface area contributed by atoms with Crippen molar-refractivity contribution < 1.29 is 50.2 Å². The minimum Gasteiger partial charge on any atom is -0.480 e. The zero-order valence-corrected chi connectivity index (χ0v) is 18.4. The Morgan fingerprint density at radius 3 is 2.19 bits per heavy atom. The van der Waals surface area contributed by atoms with Crippen molar-refractivity contribution in [3.63, 3.8) is 0 Å². The lowest BCUT2D eigenvalue weighted by atomic mass is 10.0. The highest BCUT2D eigenvalue weighted by Crippen LogP contribution is 2.37. The molecule has 0 atom stereocenters. The molecular formula is C21H14F7N3O4S. The van der Waals surface area contributed by atoms with Crippen molar-refractivity contribution in [1.82, 2.24) is 10.3 Å². The van der Waals surface area contributed by atoms with Gasteiger partial charge in [-0.2, -0.15) is 31.3 Å². The Morgan fingerprint density at radius 1 is 1.00 bits per heavy atom. The number of amides is 1. The van der Waals surface area contributed by atoms with Gasteiger partial charge >= 0.3 is 18.3 Å². The summed E-state index contributed by atoms with van der Waals surface area (Å²) in [6.45, 7) is -1.39. The molecule has 1 aromatic heterocycles. The standard InChI is InChI=1S/C21H14F7N3O4S/c22-13-2-1-3-14(7-13)35-19-31-17(29-9-15(32)33)16(36-19)18(34)30-8-10-4-11(20(23,24)25)6-12(5-10)21(26,27)28/h1-7,29H,8-9H2,(H,30,34)(H,32,33). The third kappa shape index (κ3) is 7.07. The van der Waals surface area contributed by atoms with Crippen molar-refractivity contribution in [3.05, 3.63) is 69.8 Å². The molecule has 0 bridgehead atoms. The Morgan fingerprint density at radius 2 is 1.64 bits per heavy atom. The number of aromatic nitrogens is 1. The van der Waals surface area contributed by atoms with E-state index in [-0.39, 0.29) is 27.7 Å². The van der Waals surface area contributed by atoms with E-state index >= 15 is 0 Å². The summed E-state index contributed by atoms with van der Waals surface area (Å²) >= 11 is 0.587. The van der Waals surface area contributed by atoms with E-state index in [1.807, 2.05) is 0 Å². The molecule has 0 unspecified atom stereocenters. The van der Waals surface area contributed by atoms with Gasteiger partial charge in [-0.05, 0) is 35.9 Å². The van der Waals surface area contributed by atoms with E-state index in [0.29, 0.717) is 23.5 Å². The number of benzene rings is 2. The summed E-state index contributed by atoms with van der Waals surface area (Å²) in [4.78, 5) is 27.2.